The van der Waals surface area contributed by atoms with Crippen LogP contribution >= 0.6 is 0 Å². The lowest BCUT2D eigenvalue weighted by Gasteiger charge is -2.19. The number of rotatable bonds is 8. The standard InChI is InChI=1S/C26H25N5O4S/c1-31(22-13-11-20(12-14-22)29-26(32)35-23-9-4-3-5-10-23)24-15-16-27-25(30-24)28-21-8-6-7-19(17-21)18-36(2,33)34/h3-17H,18H2,1-2H3,(H,29,32)(H,27,28,30). The topological polar surface area (TPSA) is 114 Å². The van der Waals surface area contributed by atoms with Crippen LogP contribution in [0.15, 0.2) is 91.1 Å². The van der Waals surface area contributed by atoms with Gasteiger partial charge in [0.15, 0.2) is 9.84 Å². The molecule has 1 heterocycles. The third-order valence-electron chi connectivity index (χ3n) is 5.05. The minimum absolute atomic E-state index is 0.0407. The maximum atomic E-state index is 12.1. The predicted octanol–water partition coefficient (Wildman–Crippen LogP) is 5.14. The number of anilines is 5. The van der Waals surface area contributed by atoms with Gasteiger partial charge in [0.05, 0.1) is 5.75 Å². The molecule has 0 saturated carbocycles. The molecule has 0 aliphatic rings. The number of hydrogen-bond acceptors (Lipinski definition) is 8. The van der Waals surface area contributed by atoms with Crippen molar-refractivity contribution in [2.24, 2.45) is 0 Å². The molecule has 0 unspecified atom stereocenters. The van der Waals surface area contributed by atoms with Gasteiger partial charge in [-0.1, -0.05) is 30.3 Å². The van der Waals surface area contributed by atoms with E-state index in [1.165, 1.54) is 6.26 Å². The van der Waals surface area contributed by atoms with Crippen molar-refractivity contribution in [1.29, 1.82) is 0 Å². The number of carbonyl (C=O) groups is 1. The number of amides is 1. The number of benzene rings is 3. The van der Waals surface area contributed by atoms with Crippen LogP contribution < -0.4 is 20.3 Å². The Morgan fingerprint density at radius 3 is 2.42 bits per heavy atom. The Morgan fingerprint density at radius 2 is 1.69 bits per heavy atom. The average Bonchev–Trinajstić information content (AvgIpc) is 2.84. The van der Waals surface area contributed by atoms with E-state index in [1.807, 2.05) is 36.2 Å². The molecule has 4 rings (SSSR count). The van der Waals surface area contributed by atoms with Crippen LogP contribution in [0.5, 0.6) is 5.75 Å². The molecule has 0 fully saturated rings. The predicted molar refractivity (Wildman–Crippen MR) is 141 cm³/mol. The van der Waals surface area contributed by atoms with Gasteiger partial charge < -0.3 is 15.0 Å². The van der Waals surface area contributed by atoms with E-state index in [9.17, 15) is 13.2 Å². The molecule has 1 amide bonds. The van der Waals surface area contributed by atoms with Crippen molar-refractivity contribution in [3.05, 3.63) is 96.7 Å². The summed E-state index contributed by atoms with van der Waals surface area (Å²) in [5, 5.41) is 5.82. The molecule has 0 spiro atoms. The summed E-state index contributed by atoms with van der Waals surface area (Å²) < 4.78 is 28.4. The van der Waals surface area contributed by atoms with E-state index in [0.717, 1.165) is 5.69 Å². The van der Waals surface area contributed by atoms with Gasteiger partial charge in [-0.3, -0.25) is 5.32 Å². The fourth-order valence-electron chi connectivity index (χ4n) is 3.41. The molecule has 3 aromatic carbocycles. The Morgan fingerprint density at radius 1 is 0.944 bits per heavy atom. The van der Waals surface area contributed by atoms with E-state index in [4.69, 9.17) is 4.74 Å². The number of aromatic nitrogens is 2. The summed E-state index contributed by atoms with van der Waals surface area (Å²) in [5.41, 5.74) is 2.80. The maximum Gasteiger partial charge on any atom is 0.417 e. The summed E-state index contributed by atoms with van der Waals surface area (Å²) in [7, 11) is -1.27. The Bertz CT molecular complexity index is 1440. The number of para-hydroxylation sites is 1. The minimum Gasteiger partial charge on any atom is -0.410 e. The number of carbonyl (C=O) groups excluding carboxylic acids is 1. The van der Waals surface area contributed by atoms with Gasteiger partial charge >= 0.3 is 6.09 Å². The molecule has 9 nitrogen and oxygen atoms in total. The molecular formula is C26H25N5O4S. The van der Waals surface area contributed by atoms with E-state index in [2.05, 4.69) is 20.6 Å². The molecule has 2 N–H and O–H groups in total. The normalized spacial score (nSPS) is 10.9. The molecule has 184 valence electrons. The van der Waals surface area contributed by atoms with Gasteiger partial charge in [0.25, 0.3) is 0 Å². The quantitative estimate of drug-likeness (QED) is 0.340. The lowest BCUT2D eigenvalue weighted by Crippen LogP contribution is -2.17. The van der Waals surface area contributed by atoms with Crippen molar-refractivity contribution in [1.82, 2.24) is 9.97 Å². The second-order valence-corrected chi connectivity index (χ2v) is 10.2. The third-order valence-corrected chi connectivity index (χ3v) is 5.91. The van der Waals surface area contributed by atoms with Gasteiger partial charge in [-0.25, -0.2) is 18.2 Å². The first-order chi connectivity index (χ1) is 17.2. The highest BCUT2D eigenvalue weighted by Crippen LogP contribution is 2.25. The monoisotopic (exact) mass is 503 g/mol. The van der Waals surface area contributed by atoms with Crippen LogP contribution in [0.25, 0.3) is 0 Å². The van der Waals surface area contributed by atoms with Crippen LogP contribution in [0, 0.1) is 0 Å². The zero-order chi connectivity index (χ0) is 25.5. The molecule has 4 aromatic rings. The van der Waals surface area contributed by atoms with Gasteiger partial charge in [0, 0.05) is 36.6 Å². The Hall–Kier alpha value is -4.44. The van der Waals surface area contributed by atoms with Crippen LogP contribution in [0.4, 0.5) is 33.6 Å². The van der Waals surface area contributed by atoms with Crippen LogP contribution in [0.2, 0.25) is 0 Å². The van der Waals surface area contributed by atoms with E-state index in [0.29, 0.717) is 34.5 Å². The summed E-state index contributed by atoms with van der Waals surface area (Å²) in [6.45, 7) is 0. The van der Waals surface area contributed by atoms with Gasteiger partial charge in [-0.05, 0) is 60.2 Å². The first-order valence-corrected chi connectivity index (χ1v) is 13.1. The van der Waals surface area contributed by atoms with E-state index >= 15 is 0 Å². The Balaban J connectivity index is 1.41. The average molecular weight is 504 g/mol. The minimum atomic E-state index is -3.14. The second-order valence-electron chi connectivity index (χ2n) is 8.07. The van der Waals surface area contributed by atoms with E-state index in [-0.39, 0.29) is 5.75 Å². The van der Waals surface area contributed by atoms with Crippen molar-refractivity contribution in [2.45, 2.75) is 5.75 Å². The molecule has 0 aliphatic carbocycles. The lowest BCUT2D eigenvalue weighted by molar-refractivity contribution is 0.215. The molecule has 10 heteroatoms. The van der Waals surface area contributed by atoms with E-state index < -0.39 is 15.9 Å². The largest absolute Gasteiger partial charge is 0.417 e. The molecule has 0 saturated heterocycles. The van der Waals surface area contributed by atoms with Gasteiger partial charge in [0.2, 0.25) is 5.95 Å². The number of nitrogens with one attached hydrogen (secondary N) is 2. The molecular weight excluding hydrogens is 478 g/mol. The highest BCUT2D eigenvalue weighted by molar-refractivity contribution is 7.89. The summed E-state index contributed by atoms with van der Waals surface area (Å²) in [5.74, 6) is 1.43. The maximum absolute atomic E-state index is 12.1. The summed E-state index contributed by atoms with van der Waals surface area (Å²) in [6.07, 6.45) is 2.26. The van der Waals surface area contributed by atoms with Crippen molar-refractivity contribution in [3.63, 3.8) is 0 Å². The van der Waals surface area contributed by atoms with E-state index in [1.54, 1.807) is 66.9 Å². The summed E-state index contributed by atoms with van der Waals surface area (Å²) >= 11 is 0. The fraction of sp³-hybridized carbons (Fsp3) is 0.115. The third kappa shape index (κ3) is 7.03. The van der Waals surface area contributed by atoms with Crippen LogP contribution in [0.3, 0.4) is 0 Å². The fourth-order valence-corrected chi connectivity index (χ4v) is 4.19. The molecule has 0 radical (unpaired) electrons. The van der Waals surface area contributed by atoms with Crippen molar-refractivity contribution < 1.29 is 17.9 Å². The van der Waals surface area contributed by atoms with Crippen LogP contribution in [-0.2, 0) is 15.6 Å². The van der Waals surface area contributed by atoms with Crippen LogP contribution in [0.1, 0.15) is 5.56 Å². The first-order valence-electron chi connectivity index (χ1n) is 11.0. The summed E-state index contributed by atoms with van der Waals surface area (Å²) in [6, 6.07) is 25.0. The zero-order valence-electron chi connectivity index (χ0n) is 19.8. The van der Waals surface area contributed by atoms with Crippen molar-refractivity contribution in [3.8, 4) is 5.75 Å². The van der Waals surface area contributed by atoms with Gasteiger partial charge in [-0.15, -0.1) is 0 Å². The second kappa shape index (κ2) is 10.9. The number of sulfone groups is 1. The SMILES string of the molecule is CN(c1ccc(NC(=O)Oc2ccccc2)cc1)c1ccnc(Nc2cccc(CS(C)(=O)=O)c2)n1. The molecule has 1 aromatic heterocycles. The van der Waals surface area contributed by atoms with Gasteiger partial charge in [0.1, 0.15) is 11.6 Å². The summed E-state index contributed by atoms with van der Waals surface area (Å²) in [4.78, 5) is 22.8. The van der Waals surface area contributed by atoms with Crippen molar-refractivity contribution >= 4 is 44.8 Å². The van der Waals surface area contributed by atoms with Gasteiger partial charge in [-0.2, -0.15) is 4.98 Å². The molecule has 0 aliphatic heterocycles. The number of nitrogens with zero attached hydrogens (tertiary/aromatic N) is 3. The Labute approximate surface area is 209 Å². The lowest BCUT2D eigenvalue weighted by atomic mass is 10.2. The smallest absolute Gasteiger partial charge is 0.410 e. The highest BCUT2D eigenvalue weighted by atomic mass is 32.2. The highest BCUT2D eigenvalue weighted by Gasteiger charge is 2.10. The Kier molecular flexibility index (Phi) is 7.45. The molecule has 36 heavy (non-hydrogen) atoms. The molecule has 0 atom stereocenters. The number of ether oxygens (including phenoxy) is 1. The zero-order valence-corrected chi connectivity index (χ0v) is 20.6. The van der Waals surface area contributed by atoms with Crippen molar-refractivity contribution in [2.75, 3.05) is 28.8 Å². The first kappa shape index (κ1) is 24.7. The van der Waals surface area contributed by atoms with Crippen LogP contribution in [-0.4, -0.2) is 37.8 Å². The molecule has 0 bridgehead atoms. The number of hydrogen-bond donors (Lipinski definition) is 2.